The standard InChI is InChI=1S/C10H22N2O4S/c1-6-16-10(13)7-12(9(4)5)17(14,15)11-8(2)3/h8-9,11H,6-7H2,1-5H3. The summed E-state index contributed by atoms with van der Waals surface area (Å²) in [5, 5.41) is 0. The summed E-state index contributed by atoms with van der Waals surface area (Å²) in [6, 6.07) is -0.529. The van der Waals surface area contributed by atoms with Crippen LogP contribution in [0.4, 0.5) is 0 Å². The van der Waals surface area contributed by atoms with E-state index in [1.54, 1.807) is 34.6 Å². The van der Waals surface area contributed by atoms with Crippen LogP contribution in [0.3, 0.4) is 0 Å². The molecule has 17 heavy (non-hydrogen) atoms. The van der Waals surface area contributed by atoms with Crippen LogP contribution in [-0.2, 0) is 19.7 Å². The largest absolute Gasteiger partial charge is 0.465 e. The van der Waals surface area contributed by atoms with Crippen LogP contribution in [0.2, 0.25) is 0 Å². The quantitative estimate of drug-likeness (QED) is 0.681. The Kier molecular flexibility index (Phi) is 6.66. The molecule has 0 aromatic rings. The van der Waals surface area contributed by atoms with Gasteiger partial charge in [0.2, 0.25) is 0 Å². The average Bonchev–Trinajstić information content (AvgIpc) is 2.11. The van der Waals surface area contributed by atoms with Crippen LogP contribution in [0.25, 0.3) is 0 Å². The molecule has 0 aliphatic heterocycles. The molecular weight excluding hydrogens is 244 g/mol. The van der Waals surface area contributed by atoms with E-state index in [1.165, 1.54) is 0 Å². The molecule has 0 radical (unpaired) electrons. The van der Waals surface area contributed by atoms with Gasteiger partial charge in [0.05, 0.1) is 6.61 Å². The fraction of sp³-hybridized carbons (Fsp3) is 0.900. The van der Waals surface area contributed by atoms with E-state index in [2.05, 4.69) is 4.72 Å². The van der Waals surface area contributed by atoms with Crippen LogP contribution in [0, 0.1) is 0 Å². The molecule has 1 N–H and O–H groups in total. The lowest BCUT2D eigenvalue weighted by atomic mass is 10.4. The Balaban J connectivity index is 4.80. The number of hydrogen-bond acceptors (Lipinski definition) is 4. The minimum atomic E-state index is -3.65. The van der Waals surface area contributed by atoms with Gasteiger partial charge in [-0.3, -0.25) is 4.79 Å². The first-order chi connectivity index (χ1) is 7.70. The number of nitrogens with one attached hydrogen (secondary N) is 1. The minimum Gasteiger partial charge on any atom is -0.465 e. The van der Waals surface area contributed by atoms with Crippen molar-refractivity contribution < 1.29 is 17.9 Å². The summed E-state index contributed by atoms with van der Waals surface area (Å²) in [4.78, 5) is 11.3. The second-order valence-electron chi connectivity index (χ2n) is 4.22. The zero-order valence-corrected chi connectivity index (χ0v) is 11.9. The molecule has 0 saturated carbocycles. The van der Waals surface area contributed by atoms with Crippen molar-refractivity contribution in [2.24, 2.45) is 0 Å². The molecule has 0 rings (SSSR count). The molecule has 0 saturated heterocycles. The van der Waals surface area contributed by atoms with Gasteiger partial charge in [-0.1, -0.05) is 0 Å². The summed E-state index contributed by atoms with van der Waals surface area (Å²) in [6.45, 7) is 8.51. The van der Waals surface area contributed by atoms with Crippen LogP contribution in [0.15, 0.2) is 0 Å². The highest BCUT2D eigenvalue weighted by molar-refractivity contribution is 7.87. The third kappa shape index (κ3) is 5.99. The second-order valence-corrected chi connectivity index (χ2v) is 5.88. The Morgan fingerprint density at radius 3 is 2.18 bits per heavy atom. The molecule has 0 atom stereocenters. The zero-order valence-electron chi connectivity index (χ0n) is 11.1. The predicted molar refractivity (Wildman–Crippen MR) is 65.7 cm³/mol. The normalized spacial score (nSPS) is 12.5. The van der Waals surface area contributed by atoms with Crippen molar-refractivity contribution >= 4 is 16.2 Å². The van der Waals surface area contributed by atoms with Crippen LogP contribution in [-0.4, -0.2) is 43.9 Å². The molecule has 6 nitrogen and oxygen atoms in total. The fourth-order valence-corrected chi connectivity index (χ4v) is 2.81. The maximum absolute atomic E-state index is 11.9. The van der Waals surface area contributed by atoms with E-state index in [0.717, 1.165) is 4.31 Å². The van der Waals surface area contributed by atoms with Gasteiger partial charge < -0.3 is 4.74 Å². The number of ether oxygens (including phenoxy) is 1. The highest BCUT2D eigenvalue weighted by Gasteiger charge is 2.28. The van der Waals surface area contributed by atoms with Gasteiger partial charge in [-0.05, 0) is 34.6 Å². The van der Waals surface area contributed by atoms with Crippen LogP contribution in [0.1, 0.15) is 34.6 Å². The van der Waals surface area contributed by atoms with Crippen molar-refractivity contribution in [1.29, 1.82) is 0 Å². The highest BCUT2D eigenvalue weighted by Crippen LogP contribution is 2.06. The monoisotopic (exact) mass is 266 g/mol. The number of hydrogen-bond donors (Lipinski definition) is 1. The molecule has 0 bridgehead atoms. The van der Waals surface area contributed by atoms with Gasteiger partial charge in [0, 0.05) is 12.1 Å². The van der Waals surface area contributed by atoms with Gasteiger partial charge in [0.15, 0.2) is 0 Å². The van der Waals surface area contributed by atoms with Crippen LogP contribution < -0.4 is 4.72 Å². The van der Waals surface area contributed by atoms with E-state index < -0.39 is 16.2 Å². The summed E-state index contributed by atoms with van der Waals surface area (Å²) in [6.07, 6.45) is 0. The Labute approximate surface area is 104 Å². The highest BCUT2D eigenvalue weighted by atomic mass is 32.2. The maximum atomic E-state index is 11.9. The number of esters is 1. The van der Waals surface area contributed by atoms with E-state index in [9.17, 15) is 13.2 Å². The Morgan fingerprint density at radius 1 is 1.29 bits per heavy atom. The van der Waals surface area contributed by atoms with Crippen molar-refractivity contribution in [3.05, 3.63) is 0 Å². The van der Waals surface area contributed by atoms with Crippen LogP contribution in [0.5, 0.6) is 0 Å². The van der Waals surface area contributed by atoms with E-state index in [1.807, 2.05) is 0 Å². The van der Waals surface area contributed by atoms with Crippen LogP contribution >= 0.6 is 0 Å². The molecule has 0 aliphatic carbocycles. The first kappa shape index (κ1) is 16.3. The van der Waals surface area contributed by atoms with Crippen molar-refractivity contribution in [2.45, 2.75) is 46.7 Å². The third-order valence-electron chi connectivity index (χ3n) is 1.86. The summed E-state index contributed by atoms with van der Waals surface area (Å²) in [5.74, 6) is -0.546. The molecule has 0 aromatic carbocycles. The molecule has 0 heterocycles. The molecule has 0 amide bonds. The first-order valence-corrected chi connectivity index (χ1v) is 7.09. The average molecular weight is 266 g/mol. The first-order valence-electron chi connectivity index (χ1n) is 5.65. The smallest absolute Gasteiger partial charge is 0.321 e. The number of rotatable bonds is 7. The van der Waals surface area contributed by atoms with Gasteiger partial charge in [-0.15, -0.1) is 0 Å². The lowest BCUT2D eigenvalue weighted by Crippen LogP contribution is -2.49. The molecule has 0 spiro atoms. The maximum Gasteiger partial charge on any atom is 0.321 e. The van der Waals surface area contributed by atoms with Crippen molar-refractivity contribution in [2.75, 3.05) is 13.2 Å². The van der Waals surface area contributed by atoms with Gasteiger partial charge >= 0.3 is 5.97 Å². The van der Waals surface area contributed by atoms with Gasteiger partial charge in [0.1, 0.15) is 6.54 Å². The molecule has 0 aromatic heterocycles. The van der Waals surface area contributed by atoms with Crippen molar-refractivity contribution in [3.63, 3.8) is 0 Å². The minimum absolute atomic E-state index is 0.219. The second kappa shape index (κ2) is 6.93. The summed E-state index contributed by atoms with van der Waals surface area (Å²) < 4.78 is 32.1. The SMILES string of the molecule is CCOC(=O)CN(C(C)C)S(=O)(=O)NC(C)C. The molecule has 0 unspecified atom stereocenters. The molecule has 7 heteroatoms. The van der Waals surface area contributed by atoms with E-state index in [4.69, 9.17) is 4.74 Å². The fourth-order valence-electron chi connectivity index (χ4n) is 1.24. The topological polar surface area (TPSA) is 75.7 Å². The third-order valence-corrected chi connectivity index (χ3v) is 3.80. The Bertz CT molecular complexity index is 338. The van der Waals surface area contributed by atoms with Gasteiger partial charge in [0.25, 0.3) is 10.2 Å². The number of carbonyl (C=O) groups is 1. The zero-order chi connectivity index (χ0) is 13.6. The van der Waals surface area contributed by atoms with E-state index in [0.29, 0.717) is 0 Å². The number of nitrogens with zero attached hydrogens (tertiary/aromatic N) is 1. The Hall–Kier alpha value is -0.660. The molecule has 0 fully saturated rings. The molecular formula is C10H22N2O4S. The van der Waals surface area contributed by atoms with E-state index >= 15 is 0 Å². The van der Waals surface area contributed by atoms with Gasteiger partial charge in [-0.2, -0.15) is 17.4 Å². The predicted octanol–water partition coefficient (Wildman–Crippen LogP) is 0.503. The molecule has 102 valence electrons. The van der Waals surface area contributed by atoms with Gasteiger partial charge in [-0.25, -0.2) is 0 Å². The molecule has 0 aliphatic rings. The lowest BCUT2D eigenvalue weighted by Gasteiger charge is -2.26. The van der Waals surface area contributed by atoms with Crippen molar-refractivity contribution in [1.82, 2.24) is 9.03 Å². The van der Waals surface area contributed by atoms with Crippen molar-refractivity contribution in [3.8, 4) is 0 Å². The Morgan fingerprint density at radius 2 is 1.82 bits per heavy atom. The lowest BCUT2D eigenvalue weighted by molar-refractivity contribution is -0.143. The summed E-state index contributed by atoms with van der Waals surface area (Å²) in [7, 11) is -3.65. The number of carbonyl (C=O) groups excluding carboxylic acids is 1. The summed E-state index contributed by atoms with van der Waals surface area (Å²) in [5.41, 5.74) is 0. The van der Waals surface area contributed by atoms with E-state index in [-0.39, 0.29) is 25.2 Å². The summed E-state index contributed by atoms with van der Waals surface area (Å²) >= 11 is 0.